The minimum atomic E-state index is 0.789. The Balaban J connectivity index is 1.37. The van der Waals surface area contributed by atoms with Crippen LogP contribution in [0.4, 0.5) is 0 Å². The van der Waals surface area contributed by atoms with Crippen LogP contribution in [-0.2, 0) is 4.74 Å². The molecule has 3 fully saturated rings. The summed E-state index contributed by atoms with van der Waals surface area (Å²) in [6, 6.07) is 0.819. The van der Waals surface area contributed by atoms with Gasteiger partial charge in [0.15, 0.2) is 0 Å². The van der Waals surface area contributed by atoms with Gasteiger partial charge in [0.1, 0.15) is 0 Å². The fraction of sp³-hybridized carbons (Fsp3) is 1.00. The van der Waals surface area contributed by atoms with Crippen LogP contribution < -0.4 is 5.32 Å². The molecule has 1 aliphatic heterocycles. The molecule has 3 aliphatic rings. The molecule has 3 rings (SSSR count). The Morgan fingerprint density at radius 1 is 0.889 bits per heavy atom. The van der Waals surface area contributed by atoms with Crippen LogP contribution in [0.2, 0.25) is 0 Å². The van der Waals surface area contributed by atoms with Crippen LogP contribution in [0.3, 0.4) is 0 Å². The van der Waals surface area contributed by atoms with Crippen molar-refractivity contribution in [3.05, 3.63) is 0 Å². The Kier molecular flexibility index (Phi) is 4.25. The highest BCUT2D eigenvalue weighted by molar-refractivity contribution is 4.91. The summed E-state index contributed by atoms with van der Waals surface area (Å²) in [5.74, 6) is 0.876. The molecule has 1 heterocycles. The van der Waals surface area contributed by atoms with E-state index in [1.54, 1.807) is 0 Å². The molecule has 18 heavy (non-hydrogen) atoms. The van der Waals surface area contributed by atoms with E-state index < -0.39 is 0 Å². The van der Waals surface area contributed by atoms with Gasteiger partial charge in [-0.15, -0.1) is 0 Å². The molecule has 2 saturated carbocycles. The zero-order valence-corrected chi connectivity index (χ0v) is 11.8. The second-order valence-electron chi connectivity index (χ2n) is 6.95. The quantitative estimate of drug-likeness (QED) is 0.829. The molecule has 104 valence electrons. The number of hydrogen-bond acceptors (Lipinski definition) is 2. The lowest BCUT2D eigenvalue weighted by atomic mass is 9.71. The van der Waals surface area contributed by atoms with E-state index in [0.717, 1.165) is 30.6 Å². The molecule has 0 bridgehead atoms. The third-order valence-corrected chi connectivity index (χ3v) is 5.75. The van der Waals surface area contributed by atoms with Gasteiger partial charge in [0, 0.05) is 19.3 Å². The summed E-state index contributed by atoms with van der Waals surface area (Å²) in [5, 5.41) is 3.84. The number of rotatable bonds is 3. The Hall–Kier alpha value is -0.0800. The SMILES string of the molecule is C1CCC2(C1)CCC(NCC1CCOCC1)CC2. The maximum absolute atomic E-state index is 5.43. The first-order valence-electron chi connectivity index (χ1n) is 8.18. The monoisotopic (exact) mass is 251 g/mol. The molecule has 1 N–H and O–H groups in total. The molecule has 0 aromatic rings. The van der Waals surface area contributed by atoms with Crippen LogP contribution in [0.15, 0.2) is 0 Å². The van der Waals surface area contributed by atoms with E-state index in [0.29, 0.717) is 0 Å². The molecule has 2 heteroatoms. The van der Waals surface area contributed by atoms with Gasteiger partial charge >= 0.3 is 0 Å². The molecule has 0 atom stereocenters. The average Bonchev–Trinajstić information content (AvgIpc) is 2.88. The Morgan fingerprint density at radius 2 is 1.56 bits per heavy atom. The summed E-state index contributed by atoms with van der Waals surface area (Å²) in [6.45, 7) is 3.21. The van der Waals surface area contributed by atoms with Crippen molar-refractivity contribution in [2.45, 2.75) is 70.3 Å². The summed E-state index contributed by atoms with van der Waals surface area (Å²) in [4.78, 5) is 0. The van der Waals surface area contributed by atoms with Crippen molar-refractivity contribution < 1.29 is 4.74 Å². The van der Waals surface area contributed by atoms with Crippen LogP contribution in [-0.4, -0.2) is 25.8 Å². The minimum Gasteiger partial charge on any atom is -0.381 e. The van der Waals surface area contributed by atoms with Gasteiger partial charge in [0.2, 0.25) is 0 Å². The van der Waals surface area contributed by atoms with Crippen molar-refractivity contribution in [3.8, 4) is 0 Å². The second-order valence-corrected chi connectivity index (χ2v) is 6.95. The van der Waals surface area contributed by atoms with E-state index in [2.05, 4.69) is 5.32 Å². The highest BCUT2D eigenvalue weighted by Gasteiger charge is 2.37. The first-order valence-corrected chi connectivity index (χ1v) is 8.18. The molecule has 1 saturated heterocycles. The molecule has 2 nitrogen and oxygen atoms in total. The van der Waals surface area contributed by atoms with E-state index in [9.17, 15) is 0 Å². The average molecular weight is 251 g/mol. The summed E-state index contributed by atoms with van der Waals surface area (Å²) in [5.41, 5.74) is 0.789. The number of nitrogens with one attached hydrogen (secondary N) is 1. The van der Waals surface area contributed by atoms with Gasteiger partial charge in [-0.25, -0.2) is 0 Å². The van der Waals surface area contributed by atoms with Gasteiger partial charge < -0.3 is 10.1 Å². The van der Waals surface area contributed by atoms with E-state index in [1.807, 2.05) is 0 Å². The standard InChI is InChI=1S/C16H29NO/c1-2-8-16(7-1)9-3-15(4-10-16)17-13-14-5-11-18-12-6-14/h14-15,17H,1-13H2. The largest absolute Gasteiger partial charge is 0.381 e. The Labute approximate surface area is 112 Å². The van der Waals surface area contributed by atoms with Crippen LogP contribution in [0, 0.1) is 11.3 Å². The summed E-state index contributed by atoms with van der Waals surface area (Å²) >= 11 is 0. The molecule has 1 spiro atoms. The van der Waals surface area contributed by atoms with Gasteiger partial charge in [-0.05, 0) is 69.2 Å². The number of hydrogen-bond donors (Lipinski definition) is 1. The second kappa shape index (κ2) is 5.92. The molecular formula is C16H29NO. The van der Waals surface area contributed by atoms with Crippen LogP contribution in [0.5, 0.6) is 0 Å². The molecule has 0 unspecified atom stereocenters. The predicted molar refractivity (Wildman–Crippen MR) is 74.7 cm³/mol. The van der Waals surface area contributed by atoms with E-state index in [1.165, 1.54) is 70.8 Å². The zero-order chi connectivity index (χ0) is 12.3. The third-order valence-electron chi connectivity index (χ3n) is 5.75. The maximum Gasteiger partial charge on any atom is 0.0469 e. The first-order chi connectivity index (χ1) is 8.86. The smallest absolute Gasteiger partial charge is 0.0469 e. The van der Waals surface area contributed by atoms with E-state index in [-0.39, 0.29) is 0 Å². The summed E-state index contributed by atoms with van der Waals surface area (Å²) in [6.07, 6.45) is 14.5. The summed E-state index contributed by atoms with van der Waals surface area (Å²) in [7, 11) is 0. The van der Waals surface area contributed by atoms with Crippen molar-refractivity contribution in [2.75, 3.05) is 19.8 Å². The van der Waals surface area contributed by atoms with Gasteiger partial charge in [-0.2, -0.15) is 0 Å². The van der Waals surface area contributed by atoms with Crippen molar-refractivity contribution in [1.29, 1.82) is 0 Å². The molecule has 0 radical (unpaired) electrons. The Morgan fingerprint density at radius 3 is 2.22 bits per heavy atom. The lowest BCUT2D eigenvalue weighted by Gasteiger charge is -2.38. The van der Waals surface area contributed by atoms with E-state index >= 15 is 0 Å². The fourth-order valence-corrected chi connectivity index (χ4v) is 4.34. The van der Waals surface area contributed by atoms with Gasteiger partial charge in [-0.1, -0.05) is 12.8 Å². The topological polar surface area (TPSA) is 21.3 Å². The van der Waals surface area contributed by atoms with Gasteiger partial charge in [-0.3, -0.25) is 0 Å². The van der Waals surface area contributed by atoms with Gasteiger partial charge in [0.05, 0.1) is 0 Å². The number of ether oxygens (including phenoxy) is 1. The lowest BCUT2D eigenvalue weighted by Crippen LogP contribution is -2.39. The molecule has 0 aromatic carbocycles. The first kappa shape index (κ1) is 12.9. The minimum absolute atomic E-state index is 0.789. The highest BCUT2D eigenvalue weighted by Crippen LogP contribution is 2.48. The predicted octanol–water partition coefficient (Wildman–Crippen LogP) is 3.51. The third kappa shape index (κ3) is 3.08. The normalized spacial score (nSPS) is 30.0. The van der Waals surface area contributed by atoms with Crippen LogP contribution in [0.25, 0.3) is 0 Å². The molecular weight excluding hydrogens is 222 g/mol. The van der Waals surface area contributed by atoms with Crippen molar-refractivity contribution in [2.24, 2.45) is 11.3 Å². The van der Waals surface area contributed by atoms with Crippen molar-refractivity contribution in [1.82, 2.24) is 5.32 Å². The fourth-order valence-electron chi connectivity index (χ4n) is 4.34. The van der Waals surface area contributed by atoms with Crippen LogP contribution in [0.1, 0.15) is 64.2 Å². The van der Waals surface area contributed by atoms with E-state index in [4.69, 9.17) is 4.74 Å². The summed E-state index contributed by atoms with van der Waals surface area (Å²) < 4.78 is 5.43. The molecule has 0 aromatic heterocycles. The highest BCUT2D eigenvalue weighted by atomic mass is 16.5. The van der Waals surface area contributed by atoms with Crippen LogP contribution >= 0.6 is 0 Å². The Bertz CT molecular complexity index is 244. The molecule has 2 aliphatic carbocycles. The van der Waals surface area contributed by atoms with Crippen molar-refractivity contribution >= 4 is 0 Å². The lowest BCUT2D eigenvalue weighted by molar-refractivity contribution is 0.0638. The molecule has 0 amide bonds. The maximum atomic E-state index is 5.43. The van der Waals surface area contributed by atoms with Crippen molar-refractivity contribution in [3.63, 3.8) is 0 Å². The zero-order valence-electron chi connectivity index (χ0n) is 11.8. The van der Waals surface area contributed by atoms with Gasteiger partial charge in [0.25, 0.3) is 0 Å².